The molecule has 2 aromatic rings. The third kappa shape index (κ3) is 2.86. The zero-order valence-corrected chi connectivity index (χ0v) is 14.3. The van der Waals surface area contributed by atoms with Crippen molar-refractivity contribution in [2.45, 2.75) is 60.5 Å². The molecule has 0 bridgehead atoms. The average Bonchev–Trinajstić information content (AvgIpc) is 3.02. The van der Waals surface area contributed by atoms with Crippen LogP contribution in [-0.2, 0) is 0 Å². The summed E-state index contributed by atoms with van der Waals surface area (Å²) in [7, 11) is 0. The summed E-state index contributed by atoms with van der Waals surface area (Å²) in [5, 5.41) is 10.7. The molecule has 2 fully saturated rings. The van der Waals surface area contributed by atoms with E-state index >= 15 is 0 Å². The van der Waals surface area contributed by atoms with Crippen molar-refractivity contribution in [2.75, 3.05) is 0 Å². The van der Waals surface area contributed by atoms with Gasteiger partial charge in [-0.1, -0.05) is 36.0 Å². The van der Waals surface area contributed by atoms with Crippen molar-refractivity contribution in [3.05, 3.63) is 28.3 Å². The van der Waals surface area contributed by atoms with Crippen molar-refractivity contribution in [3.8, 4) is 0 Å². The summed E-state index contributed by atoms with van der Waals surface area (Å²) in [5.74, 6) is 1.74. The van der Waals surface area contributed by atoms with Gasteiger partial charge in [0.2, 0.25) is 0 Å². The predicted octanol–water partition coefficient (Wildman–Crippen LogP) is 5.12. The number of hydrogen-bond acceptors (Lipinski definition) is 4. The molecule has 0 unspecified atom stereocenters. The molecule has 0 aliphatic heterocycles. The second kappa shape index (κ2) is 6.02. The summed E-state index contributed by atoms with van der Waals surface area (Å²) in [6.07, 6.45) is 7.52. The van der Waals surface area contributed by atoms with Crippen LogP contribution in [0.4, 0.5) is 0 Å². The molecule has 2 saturated carbocycles. The number of aromatic nitrogens is 4. The molecule has 2 aliphatic carbocycles. The Morgan fingerprint density at radius 1 is 1.05 bits per heavy atom. The first kappa shape index (κ1) is 14.8. The Labute approximate surface area is 143 Å². The Morgan fingerprint density at radius 2 is 1.82 bits per heavy atom. The van der Waals surface area contributed by atoms with Crippen molar-refractivity contribution >= 4 is 35.0 Å². The predicted molar refractivity (Wildman–Crippen MR) is 87.9 cm³/mol. The smallest absolute Gasteiger partial charge is 0.196 e. The second-order valence-corrected chi connectivity index (χ2v) is 7.70. The van der Waals surface area contributed by atoms with E-state index in [0.29, 0.717) is 22.3 Å². The summed E-state index contributed by atoms with van der Waals surface area (Å²) in [5.41, 5.74) is 0. The van der Waals surface area contributed by atoms with Gasteiger partial charge in [-0.25, -0.2) is 4.98 Å². The van der Waals surface area contributed by atoms with Crippen molar-refractivity contribution < 1.29 is 0 Å². The minimum atomic E-state index is 0.407. The Kier molecular flexibility index (Phi) is 4.05. The third-order valence-electron chi connectivity index (χ3n) is 4.31. The van der Waals surface area contributed by atoms with Gasteiger partial charge in [0.1, 0.15) is 16.1 Å². The van der Waals surface area contributed by atoms with E-state index in [0.717, 1.165) is 10.1 Å². The highest BCUT2D eigenvalue weighted by atomic mass is 35.5. The summed E-state index contributed by atoms with van der Waals surface area (Å²) in [6.45, 7) is 0. The molecule has 4 nitrogen and oxygen atoms in total. The highest BCUT2D eigenvalue weighted by molar-refractivity contribution is 7.99. The summed E-state index contributed by atoms with van der Waals surface area (Å²) in [4.78, 5) is 4.97. The first-order chi connectivity index (χ1) is 10.7. The molecule has 2 heterocycles. The SMILES string of the molecule is Clc1ccc(Sc2nnc(C3CCCC3)n2C2CC2)c(Cl)n1. The first-order valence-electron chi connectivity index (χ1n) is 7.67. The van der Waals surface area contributed by atoms with E-state index in [1.54, 1.807) is 6.07 Å². The monoisotopic (exact) mass is 354 g/mol. The molecule has 2 aromatic heterocycles. The van der Waals surface area contributed by atoms with Gasteiger partial charge in [0.25, 0.3) is 0 Å². The molecule has 0 spiro atoms. The van der Waals surface area contributed by atoms with E-state index in [2.05, 4.69) is 19.7 Å². The maximum Gasteiger partial charge on any atom is 0.196 e. The Balaban J connectivity index is 1.66. The van der Waals surface area contributed by atoms with Gasteiger partial charge in [-0.3, -0.25) is 0 Å². The number of hydrogen-bond donors (Lipinski definition) is 0. The van der Waals surface area contributed by atoms with Gasteiger partial charge in [0.05, 0.1) is 4.90 Å². The Hall–Kier alpha value is -0.780. The number of nitrogens with zero attached hydrogens (tertiary/aromatic N) is 4. The molecule has 116 valence electrons. The van der Waals surface area contributed by atoms with Gasteiger partial charge in [-0.15, -0.1) is 10.2 Å². The maximum atomic E-state index is 6.19. The number of pyridine rings is 1. The van der Waals surface area contributed by atoms with Crippen molar-refractivity contribution in [1.29, 1.82) is 0 Å². The Morgan fingerprint density at radius 3 is 2.50 bits per heavy atom. The molecule has 4 rings (SSSR count). The van der Waals surface area contributed by atoms with Crippen LogP contribution in [0.1, 0.15) is 56.3 Å². The van der Waals surface area contributed by atoms with Crippen LogP contribution in [0.2, 0.25) is 10.3 Å². The molecule has 0 saturated heterocycles. The van der Waals surface area contributed by atoms with E-state index in [9.17, 15) is 0 Å². The summed E-state index contributed by atoms with van der Waals surface area (Å²) in [6, 6.07) is 4.21. The van der Waals surface area contributed by atoms with E-state index in [-0.39, 0.29) is 0 Å². The molecule has 0 radical (unpaired) electrons. The van der Waals surface area contributed by atoms with E-state index in [1.807, 2.05) is 6.07 Å². The van der Waals surface area contributed by atoms with Crippen LogP contribution in [0.25, 0.3) is 0 Å². The van der Waals surface area contributed by atoms with Crippen LogP contribution in [0.15, 0.2) is 22.2 Å². The summed E-state index contributed by atoms with van der Waals surface area (Å²) < 4.78 is 2.34. The largest absolute Gasteiger partial charge is 0.302 e. The van der Waals surface area contributed by atoms with Gasteiger partial charge in [-0.05, 0) is 49.6 Å². The molecule has 0 atom stereocenters. The van der Waals surface area contributed by atoms with Crippen LogP contribution in [0.3, 0.4) is 0 Å². The molecular weight excluding hydrogens is 339 g/mol. The summed E-state index contributed by atoms with van der Waals surface area (Å²) >= 11 is 13.6. The molecule has 0 N–H and O–H groups in total. The lowest BCUT2D eigenvalue weighted by Gasteiger charge is -2.13. The fraction of sp³-hybridized carbons (Fsp3) is 0.533. The number of halogens is 2. The van der Waals surface area contributed by atoms with Gasteiger partial charge in [0.15, 0.2) is 5.16 Å². The lowest BCUT2D eigenvalue weighted by molar-refractivity contribution is 0.566. The molecular formula is C15H16Cl2N4S. The van der Waals surface area contributed by atoms with Crippen LogP contribution >= 0.6 is 35.0 Å². The van der Waals surface area contributed by atoms with Crippen LogP contribution in [-0.4, -0.2) is 19.7 Å². The second-order valence-electron chi connectivity index (χ2n) is 5.95. The fourth-order valence-corrected chi connectivity index (χ4v) is 4.42. The highest BCUT2D eigenvalue weighted by Gasteiger charge is 2.33. The molecule has 22 heavy (non-hydrogen) atoms. The fourth-order valence-electron chi connectivity index (χ4n) is 3.07. The highest BCUT2D eigenvalue weighted by Crippen LogP contribution is 2.44. The quantitative estimate of drug-likeness (QED) is 0.714. The minimum Gasteiger partial charge on any atom is -0.302 e. The van der Waals surface area contributed by atoms with Crippen molar-refractivity contribution in [3.63, 3.8) is 0 Å². The zero-order chi connectivity index (χ0) is 15.1. The first-order valence-corrected chi connectivity index (χ1v) is 9.24. The normalized spacial score (nSPS) is 19.0. The van der Waals surface area contributed by atoms with Crippen LogP contribution < -0.4 is 0 Å². The topological polar surface area (TPSA) is 43.6 Å². The molecule has 0 aromatic carbocycles. The molecule has 0 amide bonds. The van der Waals surface area contributed by atoms with Crippen molar-refractivity contribution in [1.82, 2.24) is 19.7 Å². The maximum absolute atomic E-state index is 6.19. The molecule has 7 heteroatoms. The van der Waals surface area contributed by atoms with E-state index < -0.39 is 0 Å². The third-order valence-corrected chi connectivity index (χ3v) is 5.93. The van der Waals surface area contributed by atoms with Gasteiger partial charge in [-0.2, -0.15) is 0 Å². The molecule has 2 aliphatic rings. The standard InChI is InChI=1S/C15H16Cl2N4S/c16-12-8-7-11(13(17)18-12)22-15-20-19-14(9-3-1-2-4-9)21(15)10-5-6-10/h7-10H,1-6H2. The van der Waals surface area contributed by atoms with Crippen molar-refractivity contribution in [2.24, 2.45) is 0 Å². The van der Waals surface area contributed by atoms with Crippen LogP contribution in [0, 0.1) is 0 Å². The lowest BCUT2D eigenvalue weighted by atomic mass is 10.1. The number of rotatable bonds is 4. The Bertz CT molecular complexity index is 693. The van der Waals surface area contributed by atoms with E-state index in [1.165, 1.54) is 56.1 Å². The zero-order valence-electron chi connectivity index (χ0n) is 12.0. The van der Waals surface area contributed by atoms with E-state index in [4.69, 9.17) is 23.2 Å². The average molecular weight is 355 g/mol. The van der Waals surface area contributed by atoms with Gasteiger partial charge < -0.3 is 4.57 Å². The minimum absolute atomic E-state index is 0.407. The lowest BCUT2D eigenvalue weighted by Crippen LogP contribution is -2.06. The van der Waals surface area contributed by atoms with Gasteiger partial charge >= 0.3 is 0 Å². The van der Waals surface area contributed by atoms with Crippen LogP contribution in [0.5, 0.6) is 0 Å². The van der Waals surface area contributed by atoms with Gasteiger partial charge in [0, 0.05) is 12.0 Å².